The van der Waals surface area contributed by atoms with Crippen LogP contribution in [-0.2, 0) is 0 Å². The van der Waals surface area contributed by atoms with Gasteiger partial charge in [-0.05, 0) is 35.9 Å². The van der Waals surface area contributed by atoms with E-state index in [2.05, 4.69) is 26.6 Å². The fourth-order valence-electron chi connectivity index (χ4n) is 2.21. The van der Waals surface area contributed by atoms with Crippen LogP contribution in [-0.4, -0.2) is 17.1 Å². The molecule has 7 heteroatoms. The van der Waals surface area contributed by atoms with E-state index in [-0.39, 0.29) is 10.6 Å². The topological polar surface area (TPSA) is 78.4 Å². The molecule has 0 saturated heterocycles. The largest absolute Gasteiger partial charge is 0.477 e. The third-order valence-electron chi connectivity index (χ3n) is 3.33. The van der Waals surface area contributed by atoms with Gasteiger partial charge in [-0.15, -0.1) is 11.3 Å². The molecular weight excluding hydrogens is 404 g/mol. The zero-order chi connectivity index (χ0) is 17.8. The summed E-state index contributed by atoms with van der Waals surface area (Å²) in [6, 6.07) is 17.7. The van der Waals surface area contributed by atoms with Crippen molar-refractivity contribution < 1.29 is 14.7 Å². The van der Waals surface area contributed by atoms with Crippen molar-refractivity contribution in [1.29, 1.82) is 0 Å². The van der Waals surface area contributed by atoms with Crippen molar-refractivity contribution in [3.8, 4) is 10.4 Å². The predicted molar refractivity (Wildman–Crippen MR) is 103 cm³/mol. The number of amides is 2. The lowest BCUT2D eigenvalue weighted by Crippen LogP contribution is -2.20. The first-order chi connectivity index (χ1) is 12.0. The molecule has 3 aromatic rings. The predicted octanol–water partition coefficient (Wildman–Crippen LogP) is 5.52. The van der Waals surface area contributed by atoms with E-state index >= 15 is 0 Å². The normalized spacial score (nSPS) is 10.3. The van der Waals surface area contributed by atoms with Gasteiger partial charge in [0.15, 0.2) is 0 Å². The molecular formula is C18H13BrN2O3S. The fourth-order valence-corrected chi connectivity index (χ4v) is 3.43. The molecule has 2 aromatic carbocycles. The molecule has 0 atom stereocenters. The molecule has 5 nitrogen and oxygen atoms in total. The fraction of sp³-hybridized carbons (Fsp3) is 0. The summed E-state index contributed by atoms with van der Waals surface area (Å²) in [5.74, 6) is -1.08. The number of anilines is 2. The summed E-state index contributed by atoms with van der Waals surface area (Å²) >= 11 is 4.45. The van der Waals surface area contributed by atoms with E-state index in [1.165, 1.54) is 0 Å². The van der Waals surface area contributed by atoms with Crippen LogP contribution in [0.1, 0.15) is 9.67 Å². The highest BCUT2D eigenvalue weighted by Crippen LogP contribution is 2.34. The number of carboxylic acids is 1. The van der Waals surface area contributed by atoms with Crippen LogP contribution in [0.5, 0.6) is 0 Å². The second-order valence-electron chi connectivity index (χ2n) is 5.11. The smallest absolute Gasteiger partial charge is 0.348 e. The van der Waals surface area contributed by atoms with Crippen LogP contribution in [0.4, 0.5) is 16.2 Å². The molecule has 0 spiro atoms. The van der Waals surface area contributed by atoms with Crippen molar-refractivity contribution in [3.05, 3.63) is 70.0 Å². The number of carbonyl (C=O) groups excluding carboxylic acids is 1. The van der Waals surface area contributed by atoms with Crippen LogP contribution >= 0.6 is 27.3 Å². The Bertz CT molecular complexity index is 908. The first kappa shape index (κ1) is 17.2. The maximum absolute atomic E-state index is 12.2. The standard InChI is InChI=1S/C18H13BrN2O3S/c19-12-6-8-13(9-7-12)20-18(24)21-14-10-15(25-16(14)17(22)23)11-4-2-1-3-5-11/h1-10H,(H,22,23)(H2,20,21,24). The van der Waals surface area contributed by atoms with Gasteiger partial charge in [0.1, 0.15) is 4.88 Å². The van der Waals surface area contributed by atoms with Crippen LogP contribution in [0.3, 0.4) is 0 Å². The Hall–Kier alpha value is -2.64. The molecule has 0 aliphatic carbocycles. The molecule has 25 heavy (non-hydrogen) atoms. The van der Waals surface area contributed by atoms with Gasteiger partial charge in [0.2, 0.25) is 0 Å². The summed E-state index contributed by atoms with van der Waals surface area (Å²) in [7, 11) is 0. The number of halogens is 1. The van der Waals surface area contributed by atoms with Crippen LogP contribution in [0.25, 0.3) is 10.4 Å². The Balaban J connectivity index is 1.81. The average molecular weight is 417 g/mol. The van der Waals surface area contributed by atoms with Gasteiger partial charge in [-0.1, -0.05) is 46.3 Å². The monoisotopic (exact) mass is 416 g/mol. The van der Waals surface area contributed by atoms with Crippen molar-refractivity contribution in [2.75, 3.05) is 10.6 Å². The second kappa shape index (κ2) is 7.50. The van der Waals surface area contributed by atoms with Crippen molar-refractivity contribution in [1.82, 2.24) is 0 Å². The Morgan fingerprint density at radius 2 is 1.64 bits per heavy atom. The van der Waals surface area contributed by atoms with Crippen LogP contribution in [0, 0.1) is 0 Å². The van der Waals surface area contributed by atoms with Gasteiger partial charge in [0.05, 0.1) is 5.69 Å². The van der Waals surface area contributed by atoms with Crippen molar-refractivity contribution in [3.63, 3.8) is 0 Å². The van der Waals surface area contributed by atoms with E-state index in [4.69, 9.17) is 0 Å². The number of hydrogen-bond acceptors (Lipinski definition) is 3. The first-order valence-electron chi connectivity index (χ1n) is 7.29. The van der Waals surface area contributed by atoms with E-state index in [0.29, 0.717) is 5.69 Å². The maximum atomic E-state index is 12.2. The molecule has 2 amide bonds. The summed E-state index contributed by atoms with van der Waals surface area (Å²) in [5.41, 5.74) is 1.78. The molecule has 126 valence electrons. The number of rotatable bonds is 4. The second-order valence-corrected chi connectivity index (χ2v) is 7.08. The number of aromatic carboxylic acids is 1. The van der Waals surface area contributed by atoms with E-state index in [1.54, 1.807) is 30.3 Å². The highest BCUT2D eigenvalue weighted by molar-refractivity contribution is 9.10. The summed E-state index contributed by atoms with van der Waals surface area (Å²) in [5, 5.41) is 14.7. The molecule has 0 aliphatic rings. The third-order valence-corrected chi connectivity index (χ3v) is 5.04. The highest BCUT2D eigenvalue weighted by Gasteiger charge is 2.18. The van der Waals surface area contributed by atoms with E-state index in [9.17, 15) is 14.7 Å². The number of benzene rings is 2. The van der Waals surface area contributed by atoms with Gasteiger partial charge in [-0.3, -0.25) is 0 Å². The summed E-state index contributed by atoms with van der Waals surface area (Å²) in [6.07, 6.45) is 0. The Labute approximate surface area is 156 Å². The summed E-state index contributed by atoms with van der Waals surface area (Å²) in [6.45, 7) is 0. The Morgan fingerprint density at radius 1 is 0.960 bits per heavy atom. The minimum Gasteiger partial charge on any atom is -0.477 e. The average Bonchev–Trinajstić information content (AvgIpc) is 3.02. The molecule has 0 aliphatic heterocycles. The lowest BCUT2D eigenvalue weighted by molar-refractivity contribution is 0.0703. The van der Waals surface area contributed by atoms with Crippen LogP contribution in [0.2, 0.25) is 0 Å². The molecule has 0 bridgehead atoms. The third kappa shape index (κ3) is 4.26. The van der Waals surface area contributed by atoms with Crippen LogP contribution in [0.15, 0.2) is 65.1 Å². The molecule has 1 heterocycles. The number of urea groups is 1. The number of thiophene rings is 1. The highest BCUT2D eigenvalue weighted by atomic mass is 79.9. The SMILES string of the molecule is O=C(Nc1ccc(Br)cc1)Nc1cc(-c2ccccc2)sc1C(=O)O. The van der Waals surface area contributed by atoms with E-state index in [1.807, 2.05) is 30.3 Å². The van der Waals surface area contributed by atoms with Gasteiger partial charge in [0.25, 0.3) is 0 Å². The number of carbonyl (C=O) groups is 2. The number of hydrogen-bond donors (Lipinski definition) is 3. The number of nitrogens with one attached hydrogen (secondary N) is 2. The quantitative estimate of drug-likeness (QED) is 0.523. The lowest BCUT2D eigenvalue weighted by atomic mass is 10.2. The molecule has 0 fully saturated rings. The van der Waals surface area contributed by atoms with Crippen molar-refractivity contribution in [2.24, 2.45) is 0 Å². The van der Waals surface area contributed by atoms with Gasteiger partial charge in [-0.25, -0.2) is 9.59 Å². The van der Waals surface area contributed by atoms with E-state index in [0.717, 1.165) is 26.3 Å². The molecule has 3 rings (SSSR count). The molecule has 0 saturated carbocycles. The minimum absolute atomic E-state index is 0.0878. The number of carboxylic acid groups (broad SMARTS) is 1. The lowest BCUT2D eigenvalue weighted by Gasteiger charge is -2.07. The van der Waals surface area contributed by atoms with Gasteiger partial charge in [-0.2, -0.15) is 0 Å². The minimum atomic E-state index is -1.08. The summed E-state index contributed by atoms with van der Waals surface area (Å²) < 4.78 is 0.900. The molecule has 0 radical (unpaired) electrons. The Morgan fingerprint density at radius 3 is 2.28 bits per heavy atom. The van der Waals surface area contributed by atoms with E-state index < -0.39 is 12.0 Å². The first-order valence-corrected chi connectivity index (χ1v) is 8.90. The van der Waals surface area contributed by atoms with Gasteiger partial charge >= 0.3 is 12.0 Å². The maximum Gasteiger partial charge on any atom is 0.348 e. The van der Waals surface area contributed by atoms with Gasteiger partial charge < -0.3 is 15.7 Å². The molecule has 1 aromatic heterocycles. The zero-order valence-corrected chi connectivity index (χ0v) is 15.2. The summed E-state index contributed by atoms with van der Waals surface area (Å²) in [4.78, 5) is 24.5. The zero-order valence-electron chi connectivity index (χ0n) is 12.8. The van der Waals surface area contributed by atoms with Crippen molar-refractivity contribution >= 4 is 50.6 Å². The molecule has 3 N–H and O–H groups in total. The van der Waals surface area contributed by atoms with Gasteiger partial charge in [0, 0.05) is 15.0 Å². The Kier molecular flexibility index (Phi) is 5.16. The molecule has 0 unspecified atom stereocenters. The van der Waals surface area contributed by atoms with Crippen LogP contribution < -0.4 is 10.6 Å². The van der Waals surface area contributed by atoms with Crippen molar-refractivity contribution in [2.45, 2.75) is 0 Å².